The summed E-state index contributed by atoms with van der Waals surface area (Å²) >= 11 is 0. The Bertz CT molecular complexity index is 734. The largest absolute Gasteiger partial charge is 0.493 e. The molecule has 2 aromatic rings. The Balaban J connectivity index is 2.31. The highest BCUT2D eigenvalue weighted by Crippen LogP contribution is 2.30. The normalized spacial score (nSPS) is 11.2. The van der Waals surface area contributed by atoms with Crippen LogP contribution in [0, 0.1) is 17.0 Å². The van der Waals surface area contributed by atoms with Gasteiger partial charge in [-0.2, -0.15) is 0 Å². The lowest BCUT2D eigenvalue weighted by Crippen LogP contribution is -2.06. The fraction of sp³-hybridized carbons (Fsp3) is 0.312. The molecule has 23 heavy (non-hydrogen) atoms. The van der Waals surface area contributed by atoms with Gasteiger partial charge in [-0.05, 0) is 44.5 Å². The summed E-state index contributed by atoms with van der Waals surface area (Å²) in [6, 6.07) is 5.39. The van der Waals surface area contributed by atoms with Crippen molar-refractivity contribution < 1.29 is 18.9 Å². The van der Waals surface area contributed by atoms with Gasteiger partial charge < -0.3 is 14.0 Å². The number of nitrogens with zero attached hydrogens (tertiary/aromatic N) is 2. The molecule has 0 aliphatic carbocycles. The van der Waals surface area contributed by atoms with E-state index in [1.54, 1.807) is 25.3 Å². The van der Waals surface area contributed by atoms with Crippen LogP contribution in [0.4, 0.5) is 5.69 Å². The lowest BCUT2D eigenvalue weighted by Gasteiger charge is -2.13. The summed E-state index contributed by atoms with van der Waals surface area (Å²) in [7, 11) is 1.57. The summed E-state index contributed by atoms with van der Waals surface area (Å²) in [6.45, 7) is 5.37. The van der Waals surface area contributed by atoms with Crippen LogP contribution >= 0.6 is 0 Å². The molecule has 0 saturated heterocycles. The van der Waals surface area contributed by atoms with Crippen molar-refractivity contribution in [3.05, 3.63) is 45.3 Å². The third-order valence-electron chi connectivity index (χ3n) is 3.02. The van der Waals surface area contributed by atoms with Crippen molar-refractivity contribution in [1.82, 2.24) is 5.16 Å². The highest BCUT2D eigenvalue weighted by Gasteiger charge is 2.21. The summed E-state index contributed by atoms with van der Waals surface area (Å²) in [4.78, 5) is 10.5. The maximum atomic E-state index is 11.0. The quantitative estimate of drug-likeness (QED) is 0.593. The summed E-state index contributed by atoms with van der Waals surface area (Å²) < 4.78 is 15.9. The molecule has 0 atom stereocenters. The average Bonchev–Trinajstić information content (AvgIpc) is 2.86. The zero-order chi connectivity index (χ0) is 17.0. The lowest BCUT2D eigenvalue weighted by atomic mass is 10.1. The number of ether oxygens (including phenoxy) is 2. The molecule has 0 amide bonds. The monoisotopic (exact) mass is 318 g/mol. The van der Waals surface area contributed by atoms with Crippen LogP contribution in [0.5, 0.6) is 11.5 Å². The number of hydrogen-bond acceptors (Lipinski definition) is 6. The van der Waals surface area contributed by atoms with E-state index < -0.39 is 4.92 Å². The van der Waals surface area contributed by atoms with E-state index in [0.29, 0.717) is 11.5 Å². The first-order chi connectivity index (χ1) is 10.9. The molecule has 1 aromatic carbocycles. The molecule has 0 aliphatic heterocycles. The van der Waals surface area contributed by atoms with Crippen molar-refractivity contribution in [3.63, 3.8) is 0 Å². The molecule has 0 radical (unpaired) electrons. The number of aryl methyl sites for hydroxylation is 1. The Morgan fingerprint density at radius 2 is 2.04 bits per heavy atom. The van der Waals surface area contributed by atoms with Gasteiger partial charge >= 0.3 is 5.69 Å². The number of benzene rings is 1. The van der Waals surface area contributed by atoms with Crippen molar-refractivity contribution >= 4 is 17.8 Å². The van der Waals surface area contributed by atoms with E-state index in [1.807, 2.05) is 19.9 Å². The first kappa shape index (κ1) is 16.5. The molecule has 122 valence electrons. The van der Waals surface area contributed by atoms with Gasteiger partial charge in [-0.1, -0.05) is 17.3 Å². The van der Waals surface area contributed by atoms with Crippen LogP contribution in [0.25, 0.3) is 12.2 Å². The fourth-order valence-electron chi connectivity index (χ4n) is 2.03. The van der Waals surface area contributed by atoms with Crippen LogP contribution < -0.4 is 9.47 Å². The van der Waals surface area contributed by atoms with E-state index in [1.165, 1.54) is 13.0 Å². The molecule has 0 fully saturated rings. The minimum atomic E-state index is -0.507. The Morgan fingerprint density at radius 3 is 2.65 bits per heavy atom. The number of aromatic nitrogens is 1. The Hall–Kier alpha value is -2.83. The van der Waals surface area contributed by atoms with E-state index in [-0.39, 0.29) is 23.2 Å². The number of methoxy groups -OCH3 is 1. The maximum absolute atomic E-state index is 11.0. The highest BCUT2D eigenvalue weighted by molar-refractivity contribution is 5.72. The Kier molecular flexibility index (Phi) is 5.00. The first-order valence-electron chi connectivity index (χ1n) is 7.05. The van der Waals surface area contributed by atoms with E-state index in [9.17, 15) is 10.1 Å². The summed E-state index contributed by atoms with van der Waals surface area (Å²) in [5.74, 6) is 1.33. The number of hydrogen-bond donors (Lipinski definition) is 0. The Morgan fingerprint density at radius 1 is 1.30 bits per heavy atom. The third-order valence-corrected chi connectivity index (χ3v) is 3.02. The molecule has 0 saturated carbocycles. The molecule has 0 bridgehead atoms. The molecule has 2 rings (SSSR count). The van der Waals surface area contributed by atoms with Gasteiger partial charge in [0, 0.05) is 0 Å². The van der Waals surface area contributed by atoms with E-state index in [0.717, 1.165) is 5.56 Å². The fourth-order valence-corrected chi connectivity index (χ4v) is 2.03. The molecule has 0 N–H and O–H groups in total. The van der Waals surface area contributed by atoms with Crippen molar-refractivity contribution in [2.24, 2.45) is 0 Å². The molecule has 0 unspecified atom stereocenters. The average molecular weight is 318 g/mol. The van der Waals surface area contributed by atoms with Gasteiger partial charge in [-0.15, -0.1) is 0 Å². The van der Waals surface area contributed by atoms with Crippen molar-refractivity contribution in [1.29, 1.82) is 0 Å². The van der Waals surface area contributed by atoms with Gasteiger partial charge in [0.2, 0.25) is 5.76 Å². The van der Waals surface area contributed by atoms with Gasteiger partial charge in [0.1, 0.15) is 0 Å². The second-order valence-electron chi connectivity index (χ2n) is 5.15. The molecule has 1 aromatic heterocycles. The van der Waals surface area contributed by atoms with Gasteiger partial charge in [0.15, 0.2) is 17.2 Å². The zero-order valence-corrected chi connectivity index (χ0v) is 13.4. The van der Waals surface area contributed by atoms with Gasteiger partial charge in [-0.25, -0.2) is 0 Å². The smallest absolute Gasteiger partial charge is 0.338 e. The number of nitro groups is 1. The van der Waals surface area contributed by atoms with Crippen LogP contribution in [-0.4, -0.2) is 23.3 Å². The molecule has 1 heterocycles. The molecule has 0 aliphatic rings. The second-order valence-corrected chi connectivity index (χ2v) is 5.15. The van der Waals surface area contributed by atoms with Crippen LogP contribution in [0.15, 0.2) is 22.7 Å². The first-order valence-corrected chi connectivity index (χ1v) is 7.05. The van der Waals surface area contributed by atoms with Crippen LogP contribution in [0.2, 0.25) is 0 Å². The predicted octanol–water partition coefficient (Wildman–Crippen LogP) is 3.86. The van der Waals surface area contributed by atoms with E-state index in [4.69, 9.17) is 14.0 Å². The topological polar surface area (TPSA) is 87.6 Å². The van der Waals surface area contributed by atoms with E-state index >= 15 is 0 Å². The molecular weight excluding hydrogens is 300 g/mol. The predicted molar refractivity (Wildman–Crippen MR) is 85.6 cm³/mol. The molecule has 7 nitrogen and oxygen atoms in total. The van der Waals surface area contributed by atoms with Crippen molar-refractivity contribution in [2.75, 3.05) is 7.11 Å². The summed E-state index contributed by atoms with van der Waals surface area (Å²) in [6.07, 6.45) is 3.21. The van der Waals surface area contributed by atoms with Crippen molar-refractivity contribution in [3.8, 4) is 11.5 Å². The second kappa shape index (κ2) is 6.95. The number of rotatable bonds is 6. The van der Waals surface area contributed by atoms with Crippen LogP contribution in [-0.2, 0) is 0 Å². The standard InChI is InChI=1S/C16H18N2O5/c1-10(2)22-15-9-12(5-7-13(15)21-4)6-8-14-16(18(19)20)11(3)17-23-14/h5-10H,1-4H3. The minimum Gasteiger partial charge on any atom is -0.493 e. The third kappa shape index (κ3) is 3.88. The molecular formula is C16H18N2O5. The van der Waals surface area contributed by atoms with E-state index in [2.05, 4.69) is 5.16 Å². The highest BCUT2D eigenvalue weighted by atomic mass is 16.6. The van der Waals surface area contributed by atoms with Gasteiger partial charge in [0.25, 0.3) is 0 Å². The Labute approximate surface area is 133 Å². The summed E-state index contributed by atoms with van der Waals surface area (Å²) in [5, 5.41) is 14.6. The zero-order valence-electron chi connectivity index (χ0n) is 13.4. The SMILES string of the molecule is COc1ccc(C=Cc2onc(C)c2[N+](=O)[O-])cc1OC(C)C. The lowest BCUT2D eigenvalue weighted by molar-refractivity contribution is -0.386. The molecule has 0 spiro atoms. The van der Waals surface area contributed by atoms with Gasteiger partial charge in [-0.3, -0.25) is 10.1 Å². The minimum absolute atomic E-state index is 0.00106. The van der Waals surface area contributed by atoms with Gasteiger partial charge in [0.05, 0.1) is 18.1 Å². The van der Waals surface area contributed by atoms with Crippen LogP contribution in [0.1, 0.15) is 30.9 Å². The summed E-state index contributed by atoms with van der Waals surface area (Å²) in [5.41, 5.74) is 0.909. The van der Waals surface area contributed by atoms with Crippen LogP contribution in [0.3, 0.4) is 0 Å². The van der Waals surface area contributed by atoms with Crippen molar-refractivity contribution in [2.45, 2.75) is 26.9 Å². The maximum Gasteiger partial charge on any atom is 0.338 e. The molecule has 7 heteroatoms.